The standard InChI is InChI=1S/C19H20FNO2/c1-21(17-9-5-7-13-6-3-4-8-15(13)17)19(22)14-10-11-18(23-2)16(20)12-14/h3-4,6,8,10-12,17H,5,7,9H2,1-2H3. The average molecular weight is 313 g/mol. The van der Waals surface area contributed by atoms with Crippen LogP contribution in [0.15, 0.2) is 42.5 Å². The zero-order chi connectivity index (χ0) is 16.4. The average Bonchev–Trinajstić information content (AvgIpc) is 2.60. The molecule has 0 spiro atoms. The van der Waals surface area contributed by atoms with Gasteiger partial charge in [-0.15, -0.1) is 0 Å². The van der Waals surface area contributed by atoms with Crippen LogP contribution in [0.5, 0.6) is 5.75 Å². The third-order valence-electron chi connectivity index (χ3n) is 4.52. The van der Waals surface area contributed by atoms with Gasteiger partial charge >= 0.3 is 0 Å². The third-order valence-corrected chi connectivity index (χ3v) is 4.52. The smallest absolute Gasteiger partial charge is 0.254 e. The normalized spacial score (nSPS) is 16.6. The molecule has 1 unspecified atom stereocenters. The lowest BCUT2D eigenvalue weighted by Crippen LogP contribution is -2.33. The summed E-state index contributed by atoms with van der Waals surface area (Å²) < 4.78 is 18.8. The highest BCUT2D eigenvalue weighted by Crippen LogP contribution is 2.34. The van der Waals surface area contributed by atoms with Crippen molar-refractivity contribution >= 4 is 5.91 Å². The number of halogens is 1. The highest BCUT2D eigenvalue weighted by Gasteiger charge is 2.27. The second kappa shape index (κ2) is 6.41. The van der Waals surface area contributed by atoms with Gasteiger partial charge in [0.2, 0.25) is 0 Å². The van der Waals surface area contributed by atoms with Crippen molar-refractivity contribution in [2.75, 3.05) is 14.2 Å². The first-order chi connectivity index (χ1) is 11.1. The van der Waals surface area contributed by atoms with Gasteiger partial charge in [-0.1, -0.05) is 24.3 Å². The Balaban J connectivity index is 1.87. The fourth-order valence-corrected chi connectivity index (χ4v) is 3.28. The summed E-state index contributed by atoms with van der Waals surface area (Å²) in [7, 11) is 3.20. The number of hydrogen-bond donors (Lipinski definition) is 0. The van der Waals surface area contributed by atoms with Crippen LogP contribution in [0.2, 0.25) is 0 Å². The minimum absolute atomic E-state index is 0.0395. The third kappa shape index (κ3) is 2.93. The molecule has 0 fully saturated rings. The lowest BCUT2D eigenvalue weighted by atomic mass is 9.87. The molecule has 0 N–H and O–H groups in total. The number of carbonyl (C=O) groups is 1. The first-order valence-corrected chi connectivity index (χ1v) is 7.80. The molecule has 0 saturated heterocycles. The van der Waals surface area contributed by atoms with E-state index in [1.807, 2.05) is 12.1 Å². The molecule has 4 heteroatoms. The molecule has 1 aliphatic rings. The number of rotatable bonds is 3. The highest BCUT2D eigenvalue weighted by molar-refractivity contribution is 5.94. The van der Waals surface area contributed by atoms with Crippen LogP contribution < -0.4 is 4.74 Å². The monoisotopic (exact) mass is 313 g/mol. The number of nitrogens with zero attached hydrogens (tertiary/aromatic N) is 1. The first-order valence-electron chi connectivity index (χ1n) is 7.80. The molecule has 2 aromatic rings. The van der Waals surface area contributed by atoms with Crippen LogP contribution in [-0.4, -0.2) is 25.0 Å². The topological polar surface area (TPSA) is 29.5 Å². The second-order valence-electron chi connectivity index (χ2n) is 5.87. The summed E-state index contributed by atoms with van der Waals surface area (Å²) in [6, 6.07) is 12.6. The van der Waals surface area contributed by atoms with Crippen molar-refractivity contribution in [1.29, 1.82) is 0 Å². The predicted octanol–water partition coefficient (Wildman–Crippen LogP) is 3.98. The Morgan fingerprint density at radius 1 is 1.26 bits per heavy atom. The van der Waals surface area contributed by atoms with Crippen molar-refractivity contribution in [2.24, 2.45) is 0 Å². The fraction of sp³-hybridized carbons (Fsp3) is 0.316. The van der Waals surface area contributed by atoms with Gasteiger partial charge < -0.3 is 9.64 Å². The Hall–Kier alpha value is -2.36. The zero-order valence-corrected chi connectivity index (χ0v) is 13.4. The quantitative estimate of drug-likeness (QED) is 0.857. The van der Waals surface area contributed by atoms with Gasteiger partial charge in [-0.3, -0.25) is 4.79 Å². The summed E-state index contributed by atoms with van der Waals surface area (Å²) in [5, 5.41) is 0. The molecular formula is C19H20FNO2. The fourth-order valence-electron chi connectivity index (χ4n) is 3.28. The largest absolute Gasteiger partial charge is 0.494 e. The summed E-state index contributed by atoms with van der Waals surface area (Å²) in [4.78, 5) is 14.4. The van der Waals surface area contributed by atoms with E-state index in [2.05, 4.69) is 12.1 Å². The van der Waals surface area contributed by atoms with E-state index in [4.69, 9.17) is 4.74 Å². The van der Waals surface area contributed by atoms with E-state index < -0.39 is 5.82 Å². The Labute approximate surface area is 135 Å². The van der Waals surface area contributed by atoms with Gasteiger partial charge in [0.1, 0.15) is 0 Å². The van der Waals surface area contributed by atoms with E-state index in [1.54, 1.807) is 18.0 Å². The summed E-state index contributed by atoms with van der Waals surface area (Å²) in [5.74, 6) is -0.545. The van der Waals surface area contributed by atoms with Gasteiger partial charge in [0.25, 0.3) is 5.91 Å². The number of benzene rings is 2. The number of aryl methyl sites for hydroxylation is 1. The number of amides is 1. The molecule has 3 rings (SSSR count). The van der Waals surface area contributed by atoms with Crippen LogP contribution in [-0.2, 0) is 6.42 Å². The van der Waals surface area contributed by atoms with Crippen LogP contribution in [0.4, 0.5) is 4.39 Å². The van der Waals surface area contributed by atoms with Crippen LogP contribution in [0.25, 0.3) is 0 Å². The van der Waals surface area contributed by atoms with Crippen LogP contribution >= 0.6 is 0 Å². The van der Waals surface area contributed by atoms with Gasteiger partial charge in [0.05, 0.1) is 13.2 Å². The number of fused-ring (bicyclic) bond motifs is 1. The Morgan fingerprint density at radius 2 is 2.04 bits per heavy atom. The summed E-state index contributed by atoms with van der Waals surface area (Å²) in [6.45, 7) is 0. The maximum absolute atomic E-state index is 13.9. The summed E-state index contributed by atoms with van der Waals surface area (Å²) in [5.41, 5.74) is 2.83. The summed E-state index contributed by atoms with van der Waals surface area (Å²) >= 11 is 0. The summed E-state index contributed by atoms with van der Waals surface area (Å²) in [6.07, 6.45) is 3.03. The van der Waals surface area contributed by atoms with E-state index in [0.29, 0.717) is 5.56 Å². The van der Waals surface area contributed by atoms with Crippen molar-refractivity contribution < 1.29 is 13.9 Å². The van der Waals surface area contributed by atoms with Crippen LogP contribution in [0, 0.1) is 5.82 Å². The molecule has 0 heterocycles. The molecule has 0 bridgehead atoms. The van der Waals surface area contributed by atoms with Gasteiger partial charge in [-0.25, -0.2) is 4.39 Å². The second-order valence-corrected chi connectivity index (χ2v) is 5.87. The molecule has 1 atom stereocenters. The number of hydrogen-bond acceptors (Lipinski definition) is 2. The van der Waals surface area contributed by atoms with E-state index in [1.165, 1.54) is 30.4 Å². The lowest BCUT2D eigenvalue weighted by Gasteiger charge is -2.33. The molecule has 23 heavy (non-hydrogen) atoms. The molecule has 0 radical (unpaired) electrons. The molecule has 0 aliphatic heterocycles. The molecule has 120 valence electrons. The Morgan fingerprint density at radius 3 is 2.78 bits per heavy atom. The van der Waals surface area contributed by atoms with E-state index >= 15 is 0 Å². The Bertz CT molecular complexity index is 729. The SMILES string of the molecule is COc1ccc(C(=O)N(C)C2CCCc3ccccc32)cc1F. The molecule has 1 aliphatic carbocycles. The predicted molar refractivity (Wildman–Crippen MR) is 87.2 cm³/mol. The number of carbonyl (C=O) groups excluding carboxylic acids is 1. The number of ether oxygens (including phenoxy) is 1. The van der Waals surface area contributed by atoms with E-state index in [-0.39, 0.29) is 17.7 Å². The van der Waals surface area contributed by atoms with Crippen molar-refractivity contribution in [3.63, 3.8) is 0 Å². The molecule has 3 nitrogen and oxygen atoms in total. The minimum Gasteiger partial charge on any atom is -0.494 e. The first kappa shape index (κ1) is 15.5. The lowest BCUT2D eigenvalue weighted by molar-refractivity contribution is 0.0714. The molecule has 0 aromatic heterocycles. The number of methoxy groups -OCH3 is 1. The van der Waals surface area contributed by atoms with Crippen LogP contribution in [0.3, 0.4) is 0 Å². The van der Waals surface area contributed by atoms with Gasteiger partial charge in [0.15, 0.2) is 11.6 Å². The van der Waals surface area contributed by atoms with Crippen LogP contribution in [0.1, 0.15) is 40.4 Å². The highest BCUT2D eigenvalue weighted by atomic mass is 19.1. The molecular weight excluding hydrogens is 293 g/mol. The molecule has 0 saturated carbocycles. The zero-order valence-electron chi connectivity index (χ0n) is 13.4. The van der Waals surface area contributed by atoms with Gasteiger partial charge in [-0.2, -0.15) is 0 Å². The van der Waals surface area contributed by atoms with Gasteiger partial charge in [0, 0.05) is 12.6 Å². The van der Waals surface area contributed by atoms with Crippen molar-refractivity contribution in [2.45, 2.75) is 25.3 Å². The molecule has 2 aromatic carbocycles. The molecule has 1 amide bonds. The minimum atomic E-state index is -0.518. The maximum Gasteiger partial charge on any atom is 0.254 e. The van der Waals surface area contributed by atoms with Crippen molar-refractivity contribution in [3.05, 3.63) is 65.0 Å². The van der Waals surface area contributed by atoms with E-state index in [9.17, 15) is 9.18 Å². The maximum atomic E-state index is 13.9. The Kier molecular flexibility index (Phi) is 4.33. The van der Waals surface area contributed by atoms with E-state index in [0.717, 1.165) is 19.3 Å². The van der Waals surface area contributed by atoms with Crippen molar-refractivity contribution in [3.8, 4) is 5.75 Å². The van der Waals surface area contributed by atoms with Gasteiger partial charge in [-0.05, 0) is 48.6 Å². The van der Waals surface area contributed by atoms with Crippen molar-refractivity contribution in [1.82, 2.24) is 4.90 Å².